The topological polar surface area (TPSA) is 52.6 Å². The molecule has 1 unspecified atom stereocenters. The van der Waals surface area contributed by atoms with Gasteiger partial charge in [-0.2, -0.15) is 0 Å². The van der Waals surface area contributed by atoms with E-state index in [9.17, 15) is 9.18 Å². The van der Waals surface area contributed by atoms with Gasteiger partial charge in [-0.05, 0) is 61.2 Å². The van der Waals surface area contributed by atoms with E-state index in [1.54, 1.807) is 12.1 Å². The maximum Gasteiger partial charge on any atom is 0.227 e. The van der Waals surface area contributed by atoms with E-state index in [1.165, 1.54) is 17.7 Å². The summed E-state index contributed by atoms with van der Waals surface area (Å²) in [7, 11) is 0. The van der Waals surface area contributed by atoms with Crippen LogP contribution in [0.25, 0.3) is 11.3 Å². The Kier molecular flexibility index (Phi) is 7.33. The fraction of sp³-hybridized carbons (Fsp3) is 0.393. The van der Waals surface area contributed by atoms with Gasteiger partial charge in [-0.1, -0.05) is 30.3 Å². The third-order valence-electron chi connectivity index (χ3n) is 7.13. The smallest absolute Gasteiger partial charge is 0.227 e. The lowest BCUT2D eigenvalue weighted by Gasteiger charge is -2.39. The highest BCUT2D eigenvalue weighted by atomic mass is 19.1. The Labute approximate surface area is 206 Å². The normalized spacial score (nSPS) is 19.1. The number of hydrogen-bond acceptors (Lipinski definition) is 5. The molecule has 1 amide bonds. The number of rotatable bonds is 6. The molecule has 35 heavy (non-hydrogen) atoms. The number of piperidine rings is 1. The van der Waals surface area contributed by atoms with Crippen LogP contribution in [-0.2, 0) is 11.2 Å². The van der Waals surface area contributed by atoms with Crippen molar-refractivity contribution in [3.8, 4) is 11.3 Å². The first-order valence-corrected chi connectivity index (χ1v) is 12.6. The lowest BCUT2D eigenvalue weighted by Crippen LogP contribution is -2.52. The maximum atomic E-state index is 13.3. The Hall–Kier alpha value is -3.32. The number of piperazine rings is 1. The van der Waals surface area contributed by atoms with Crippen LogP contribution in [0.3, 0.4) is 0 Å². The van der Waals surface area contributed by atoms with Crippen LogP contribution in [-0.4, -0.2) is 71.7 Å². The summed E-state index contributed by atoms with van der Waals surface area (Å²) >= 11 is 0. The largest absolute Gasteiger partial charge is 0.354 e. The van der Waals surface area contributed by atoms with Crippen LogP contribution >= 0.6 is 0 Å². The number of anilines is 1. The van der Waals surface area contributed by atoms with Crippen molar-refractivity contribution in [2.45, 2.75) is 19.3 Å². The average molecular weight is 474 g/mol. The van der Waals surface area contributed by atoms with Crippen molar-refractivity contribution in [2.75, 3.05) is 50.7 Å². The molecular weight excluding hydrogens is 441 g/mol. The van der Waals surface area contributed by atoms with E-state index in [0.29, 0.717) is 12.2 Å². The fourth-order valence-corrected chi connectivity index (χ4v) is 5.04. The molecule has 0 N–H and O–H groups in total. The van der Waals surface area contributed by atoms with Gasteiger partial charge >= 0.3 is 0 Å². The van der Waals surface area contributed by atoms with Crippen LogP contribution in [0.5, 0.6) is 0 Å². The number of aromatic nitrogens is 2. The van der Waals surface area contributed by atoms with Gasteiger partial charge < -0.3 is 9.80 Å². The zero-order valence-corrected chi connectivity index (χ0v) is 20.0. The molecule has 2 aromatic carbocycles. The molecule has 2 saturated heterocycles. The van der Waals surface area contributed by atoms with E-state index in [1.807, 2.05) is 12.1 Å². The van der Waals surface area contributed by atoms with Crippen LogP contribution in [0.2, 0.25) is 0 Å². The fourth-order valence-electron chi connectivity index (χ4n) is 5.04. The van der Waals surface area contributed by atoms with Gasteiger partial charge in [-0.15, -0.1) is 10.2 Å². The number of amides is 1. The molecule has 0 spiro atoms. The van der Waals surface area contributed by atoms with Gasteiger partial charge in [0.2, 0.25) is 5.91 Å². The number of carbonyl (C=O) groups is 1. The second-order valence-corrected chi connectivity index (χ2v) is 9.47. The van der Waals surface area contributed by atoms with E-state index < -0.39 is 0 Å². The monoisotopic (exact) mass is 473 g/mol. The molecule has 2 aliphatic rings. The summed E-state index contributed by atoms with van der Waals surface area (Å²) in [4.78, 5) is 20.0. The number of nitrogens with zero attached hydrogens (tertiary/aromatic N) is 5. The second kappa shape index (κ2) is 11.0. The standard InChI is InChI=1S/C28H32FN5O/c29-25-10-8-23(9-11-25)26-12-13-27(31-30-26)34-15-4-7-24(21-34)28(35)33-19-17-32(18-20-33)16-14-22-5-2-1-3-6-22/h1-3,5-6,8-13,24H,4,7,14-21H2. The summed E-state index contributed by atoms with van der Waals surface area (Å²) in [6.07, 6.45) is 2.94. The molecule has 7 heteroatoms. The minimum Gasteiger partial charge on any atom is -0.354 e. The Morgan fingerprint density at radius 2 is 1.66 bits per heavy atom. The molecule has 0 aliphatic carbocycles. The Bertz CT molecular complexity index is 1100. The Morgan fingerprint density at radius 3 is 2.37 bits per heavy atom. The summed E-state index contributed by atoms with van der Waals surface area (Å²) in [6, 6.07) is 20.7. The highest BCUT2D eigenvalue weighted by molar-refractivity contribution is 5.80. The summed E-state index contributed by atoms with van der Waals surface area (Å²) in [5.41, 5.74) is 2.91. The first kappa shape index (κ1) is 23.4. The number of benzene rings is 2. The second-order valence-electron chi connectivity index (χ2n) is 9.47. The first-order chi connectivity index (χ1) is 17.2. The van der Waals surface area contributed by atoms with Gasteiger partial charge in [0.1, 0.15) is 5.82 Å². The zero-order valence-electron chi connectivity index (χ0n) is 20.0. The van der Waals surface area contributed by atoms with Crippen LogP contribution in [0.1, 0.15) is 18.4 Å². The van der Waals surface area contributed by atoms with Crippen molar-refractivity contribution in [3.63, 3.8) is 0 Å². The molecule has 5 rings (SSSR count). The van der Waals surface area contributed by atoms with E-state index in [-0.39, 0.29) is 17.6 Å². The van der Waals surface area contributed by atoms with Gasteiger partial charge in [0, 0.05) is 51.4 Å². The molecule has 0 radical (unpaired) electrons. The van der Waals surface area contributed by atoms with Gasteiger partial charge in [-0.25, -0.2) is 4.39 Å². The van der Waals surface area contributed by atoms with Crippen LogP contribution in [0.4, 0.5) is 10.2 Å². The lowest BCUT2D eigenvalue weighted by atomic mass is 9.96. The molecule has 1 atom stereocenters. The van der Waals surface area contributed by atoms with E-state index >= 15 is 0 Å². The third kappa shape index (κ3) is 5.85. The predicted molar refractivity (Wildman–Crippen MR) is 136 cm³/mol. The summed E-state index contributed by atoms with van der Waals surface area (Å²) in [6.45, 7) is 6.07. The Morgan fingerprint density at radius 1 is 0.886 bits per heavy atom. The molecule has 1 aromatic heterocycles. The third-order valence-corrected chi connectivity index (χ3v) is 7.13. The predicted octanol–water partition coefficient (Wildman–Crippen LogP) is 3.89. The number of halogens is 1. The quantitative estimate of drug-likeness (QED) is 0.544. The van der Waals surface area contributed by atoms with Gasteiger partial charge in [0.15, 0.2) is 5.82 Å². The maximum absolute atomic E-state index is 13.3. The minimum atomic E-state index is -0.268. The SMILES string of the molecule is O=C(C1CCCN(c2ccc(-c3ccc(F)cc3)nn2)C1)N1CCN(CCc2ccccc2)CC1. The van der Waals surface area contributed by atoms with Crippen molar-refractivity contribution in [3.05, 3.63) is 78.1 Å². The van der Waals surface area contributed by atoms with Crippen LogP contribution in [0.15, 0.2) is 66.7 Å². The van der Waals surface area contributed by atoms with Crippen molar-refractivity contribution >= 4 is 11.7 Å². The van der Waals surface area contributed by atoms with Crippen molar-refractivity contribution in [2.24, 2.45) is 5.92 Å². The van der Waals surface area contributed by atoms with Crippen LogP contribution in [0, 0.1) is 11.7 Å². The Balaban J connectivity index is 1.13. The van der Waals surface area contributed by atoms with Gasteiger partial charge in [0.05, 0.1) is 11.6 Å². The van der Waals surface area contributed by atoms with Crippen LogP contribution < -0.4 is 4.90 Å². The summed E-state index contributed by atoms with van der Waals surface area (Å²) in [5, 5.41) is 8.76. The number of carbonyl (C=O) groups excluding carboxylic acids is 1. The molecule has 182 valence electrons. The van der Waals surface area contributed by atoms with Gasteiger partial charge in [0.25, 0.3) is 0 Å². The summed E-state index contributed by atoms with van der Waals surface area (Å²) in [5.74, 6) is 0.793. The summed E-state index contributed by atoms with van der Waals surface area (Å²) < 4.78 is 13.2. The van der Waals surface area contributed by atoms with Crippen molar-refractivity contribution < 1.29 is 9.18 Å². The first-order valence-electron chi connectivity index (χ1n) is 12.6. The number of hydrogen-bond donors (Lipinski definition) is 0. The average Bonchev–Trinajstić information content (AvgIpc) is 2.93. The van der Waals surface area contributed by atoms with Crippen molar-refractivity contribution in [1.82, 2.24) is 20.0 Å². The highest BCUT2D eigenvalue weighted by Gasteiger charge is 2.31. The van der Waals surface area contributed by atoms with Gasteiger partial charge in [-0.3, -0.25) is 9.69 Å². The van der Waals surface area contributed by atoms with E-state index in [4.69, 9.17) is 0 Å². The molecular formula is C28H32FN5O. The molecule has 0 saturated carbocycles. The lowest BCUT2D eigenvalue weighted by molar-refractivity contribution is -0.137. The highest BCUT2D eigenvalue weighted by Crippen LogP contribution is 2.25. The van der Waals surface area contributed by atoms with E-state index in [0.717, 1.165) is 69.9 Å². The molecule has 6 nitrogen and oxygen atoms in total. The zero-order chi connectivity index (χ0) is 24.0. The minimum absolute atomic E-state index is 0.00167. The molecule has 2 fully saturated rings. The molecule has 3 aromatic rings. The molecule has 2 aliphatic heterocycles. The van der Waals surface area contributed by atoms with E-state index in [2.05, 4.69) is 55.2 Å². The molecule has 0 bridgehead atoms. The molecule has 3 heterocycles. The van der Waals surface area contributed by atoms with Crippen molar-refractivity contribution in [1.29, 1.82) is 0 Å².